The highest BCUT2D eigenvalue weighted by Crippen LogP contribution is 2.78. The number of nitrogens with zero attached hydrogens (tertiary/aromatic N) is 2. The maximum absolute atomic E-state index is 15.2. The largest absolute Gasteiger partial charge is 0.396 e. The molecule has 7 N–H and O–H groups in total. The molecule has 0 fully saturated rings. The molecule has 0 aliphatic rings. The van der Waals surface area contributed by atoms with Crippen LogP contribution in [0.1, 0.15) is 292 Å². The molecule has 0 aromatic rings. The van der Waals surface area contributed by atoms with Gasteiger partial charge in [-0.15, -0.1) is 0 Å². The zero-order valence-corrected chi connectivity index (χ0v) is 55.9. The van der Waals surface area contributed by atoms with Crippen LogP contribution in [0.2, 0.25) is 0 Å². The minimum Gasteiger partial charge on any atom is -0.396 e. The fraction of sp³-hybridized carbons (Fsp3) is 1.00. The smallest absolute Gasteiger partial charge is 0.374 e. The number of aliphatic hydroxyl groups is 3. The van der Waals surface area contributed by atoms with Crippen molar-refractivity contribution in [2.45, 2.75) is 303 Å². The lowest BCUT2D eigenvalue weighted by atomic mass is 10.1. The highest BCUT2D eigenvalue weighted by molar-refractivity contribution is 7.74. The van der Waals surface area contributed by atoms with Crippen LogP contribution in [0.4, 0.5) is 0 Å². The molecule has 0 saturated heterocycles. The van der Waals surface area contributed by atoms with E-state index in [0.717, 1.165) is 129 Å². The summed E-state index contributed by atoms with van der Waals surface area (Å²) >= 11 is 0. The molecule has 21 heteroatoms. The molecular weight excluding hydrogens is 1090 g/mol. The SMILES string of the molecule is CCCCCCCCO.CCCCCCCCOP(=O)(OCCCCCCCC)C(O)(CCN(C)CCCCC)P(=O)(OCCCCCCCC)OCCCCCCCC.CCCCCN(C)CCC(O)(P(=O)(O)O)P(=O)(O)O. The number of aliphatic hydroxyl groups excluding tert-OH is 1. The van der Waals surface area contributed by atoms with Crippen LogP contribution in [-0.4, -0.2) is 128 Å². The molecule has 0 unspecified atom stereocenters. The summed E-state index contributed by atoms with van der Waals surface area (Å²) in [5, 5.41) is 25.2. The van der Waals surface area contributed by atoms with Crippen LogP contribution >= 0.6 is 30.4 Å². The molecule has 0 aliphatic carbocycles. The minimum atomic E-state index is -5.33. The van der Waals surface area contributed by atoms with Gasteiger partial charge in [-0.1, -0.05) is 235 Å². The fourth-order valence-corrected chi connectivity index (χ4v) is 15.9. The number of hydrogen-bond donors (Lipinski definition) is 7. The molecule has 0 spiro atoms. The molecule has 0 atom stereocenters. The zero-order valence-electron chi connectivity index (χ0n) is 52.3. The molecule has 0 heterocycles. The summed E-state index contributed by atoms with van der Waals surface area (Å²) < 4.78 is 77.4. The Morgan fingerprint density at radius 1 is 0.316 bits per heavy atom. The Morgan fingerprint density at radius 2 is 0.532 bits per heavy atom. The van der Waals surface area contributed by atoms with Crippen molar-refractivity contribution >= 4 is 30.4 Å². The predicted molar refractivity (Wildman–Crippen MR) is 330 cm³/mol. The van der Waals surface area contributed by atoms with Crippen LogP contribution in [0, 0.1) is 0 Å². The summed E-state index contributed by atoms with van der Waals surface area (Å²) in [4.78, 5) is 39.6. The molecule has 0 amide bonds. The maximum atomic E-state index is 15.2. The third-order valence-electron chi connectivity index (χ3n) is 14.3. The van der Waals surface area contributed by atoms with Crippen molar-refractivity contribution < 1.29 is 71.2 Å². The summed E-state index contributed by atoms with van der Waals surface area (Å²) in [6.45, 7) is 18.1. The first-order valence-electron chi connectivity index (χ1n) is 31.9. The Hall–Kier alpha value is 0.400. The van der Waals surface area contributed by atoms with Gasteiger partial charge in [0.25, 0.3) is 10.2 Å². The topological polar surface area (TPSA) is 253 Å². The summed E-state index contributed by atoms with van der Waals surface area (Å²) in [7, 11) is -15.8. The van der Waals surface area contributed by atoms with Gasteiger partial charge < -0.3 is 62.8 Å². The average molecular weight is 1220 g/mol. The van der Waals surface area contributed by atoms with E-state index in [1.165, 1.54) is 83.5 Å². The second kappa shape index (κ2) is 53.8. The summed E-state index contributed by atoms with van der Waals surface area (Å²) in [5.74, 6) is 0. The van der Waals surface area contributed by atoms with Crippen LogP contribution in [0.15, 0.2) is 0 Å². The van der Waals surface area contributed by atoms with Crippen molar-refractivity contribution in [3.8, 4) is 0 Å². The monoisotopic (exact) mass is 1220 g/mol. The van der Waals surface area contributed by atoms with Gasteiger partial charge in [0.15, 0.2) is 0 Å². The Balaban J connectivity index is -0.00000167. The molecular formula is C58H128N2O15P4. The van der Waals surface area contributed by atoms with Crippen molar-refractivity contribution in [2.24, 2.45) is 0 Å². The van der Waals surface area contributed by atoms with Crippen molar-refractivity contribution in [1.82, 2.24) is 9.80 Å². The third-order valence-corrected chi connectivity index (χ3v) is 23.9. The van der Waals surface area contributed by atoms with Gasteiger partial charge in [0.2, 0.25) is 0 Å². The van der Waals surface area contributed by atoms with E-state index in [1.807, 2.05) is 14.0 Å². The van der Waals surface area contributed by atoms with Gasteiger partial charge in [-0.2, -0.15) is 0 Å². The van der Waals surface area contributed by atoms with Crippen molar-refractivity contribution in [2.75, 3.05) is 73.3 Å². The number of hydrogen-bond acceptors (Lipinski definition) is 13. The lowest BCUT2D eigenvalue weighted by Gasteiger charge is -2.39. The number of rotatable bonds is 56. The van der Waals surface area contributed by atoms with Gasteiger partial charge in [-0.3, -0.25) is 18.3 Å². The second-order valence-corrected chi connectivity index (χ2v) is 30.9. The molecule has 17 nitrogen and oxygen atoms in total. The highest BCUT2D eigenvalue weighted by Gasteiger charge is 2.65. The van der Waals surface area contributed by atoms with E-state index >= 15 is 9.13 Å². The summed E-state index contributed by atoms with van der Waals surface area (Å²) in [6.07, 6.45) is 37.8. The summed E-state index contributed by atoms with van der Waals surface area (Å²) in [6, 6.07) is 0. The van der Waals surface area contributed by atoms with E-state index in [4.69, 9.17) is 42.8 Å². The molecule has 0 rings (SSSR count). The Labute approximate surface area is 485 Å². The molecule has 0 aliphatic heterocycles. The van der Waals surface area contributed by atoms with Crippen LogP contribution in [0.3, 0.4) is 0 Å². The second-order valence-electron chi connectivity index (χ2n) is 22.0. The number of unbranched alkanes of at least 4 members (excludes halogenated alkanes) is 29. The minimum absolute atomic E-state index is 0.0174. The van der Waals surface area contributed by atoms with Crippen LogP contribution < -0.4 is 0 Å². The van der Waals surface area contributed by atoms with Crippen molar-refractivity contribution in [3.05, 3.63) is 0 Å². The van der Waals surface area contributed by atoms with E-state index < -0.39 is 47.0 Å². The zero-order chi connectivity index (χ0) is 60.2. The van der Waals surface area contributed by atoms with E-state index in [1.54, 1.807) is 11.9 Å². The fourth-order valence-electron chi connectivity index (χ4n) is 8.70. The highest BCUT2D eigenvalue weighted by atomic mass is 31.2. The van der Waals surface area contributed by atoms with Crippen molar-refractivity contribution in [3.63, 3.8) is 0 Å². The average Bonchev–Trinajstić information content (AvgIpc) is 3.43. The normalized spacial score (nSPS) is 12.8. The quantitative estimate of drug-likeness (QED) is 0.0221. The lowest BCUT2D eigenvalue weighted by Crippen LogP contribution is -2.37. The maximum Gasteiger partial charge on any atom is 0.374 e. The molecule has 0 aromatic heterocycles. The van der Waals surface area contributed by atoms with E-state index in [9.17, 15) is 19.3 Å². The third kappa shape index (κ3) is 42.0. The first-order valence-corrected chi connectivity index (χ1v) is 38.2. The van der Waals surface area contributed by atoms with Gasteiger partial charge in [-0.05, 0) is 72.1 Å². The molecule has 0 saturated carbocycles. The van der Waals surface area contributed by atoms with Crippen LogP contribution in [0.25, 0.3) is 0 Å². The molecule has 0 radical (unpaired) electrons. The van der Waals surface area contributed by atoms with Crippen LogP contribution in [-0.2, 0) is 36.4 Å². The van der Waals surface area contributed by atoms with Gasteiger partial charge in [-0.25, -0.2) is 0 Å². The van der Waals surface area contributed by atoms with Gasteiger partial charge >= 0.3 is 30.4 Å². The van der Waals surface area contributed by atoms with Gasteiger partial charge in [0.1, 0.15) is 0 Å². The van der Waals surface area contributed by atoms with E-state index in [2.05, 4.69) is 46.4 Å². The summed E-state index contributed by atoms with van der Waals surface area (Å²) in [5.41, 5.74) is 0. The standard InChI is InChI=1S/C41H87NO7P2.C9H23NO7P2.C8H18O/c1-7-12-17-21-25-30-37-46-50(44,47-38-31-26-22-18-13-8-2)41(43,34-36-42(6)35-29-16-11-5)51(45,48-39-32-27-23-19-14-9-3)49-40-33-28-24-20-15-10-4;1-3-4-5-7-10(2)8-6-9(11,18(12,13)14)19(15,16)17;1-2-3-4-5-6-7-8-9/h43H,7-40H2,1-6H3;11H,3-8H2,1-2H3,(H2,12,13,14)(H2,15,16,17);9H,2-8H2,1H3. The van der Waals surface area contributed by atoms with Gasteiger partial charge in [0.05, 0.1) is 26.4 Å². The molecule has 480 valence electrons. The van der Waals surface area contributed by atoms with Gasteiger partial charge in [0, 0.05) is 32.5 Å². The Kier molecular flexibility index (Phi) is 57.0. The van der Waals surface area contributed by atoms with Crippen LogP contribution in [0.5, 0.6) is 0 Å². The molecule has 79 heavy (non-hydrogen) atoms. The first-order chi connectivity index (χ1) is 37.6. The predicted octanol–water partition coefficient (Wildman–Crippen LogP) is 16.9. The molecule has 0 aromatic carbocycles. The lowest BCUT2D eigenvalue weighted by molar-refractivity contribution is 0.0645. The van der Waals surface area contributed by atoms with E-state index in [-0.39, 0.29) is 39.4 Å². The first kappa shape index (κ1) is 83.6. The Bertz CT molecular complexity index is 1400. The molecule has 0 bridgehead atoms. The Morgan fingerprint density at radius 3 is 0.772 bits per heavy atom. The van der Waals surface area contributed by atoms with Crippen molar-refractivity contribution in [1.29, 1.82) is 0 Å². The van der Waals surface area contributed by atoms with E-state index in [0.29, 0.717) is 45.4 Å².